The van der Waals surface area contributed by atoms with Crippen LogP contribution >= 0.6 is 0 Å². The van der Waals surface area contributed by atoms with Crippen molar-refractivity contribution in [3.8, 4) is 0 Å². The van der Waals surface area contributed by atoms with Gasteiger partial charge in [-0.15, -0.1) is 0 Å². The number of hydrogen-bond acceptors (Lipinski definition) is 1. The minimum Gasteiger partial charge on any atom is -0.393 e. The van der Waals surface area contributed by atoms with E-state index in [4.69, 9.17) is 0 Å². The molecule has 0 aliphatic rings. The van der Waals surface area contributed by atoms with E-state index in [1.54, 1.807) is 0 Å². The third kappa shape index (κ3) is 3.83. The van der Waals surface area contributed by atoms with Gasteiger partial charge in [0.25, 0.3) is 0 Å². The molecule has 0 aliphatic carbocycles. The van der Waals surface area contributed by atoms with Crippen LogP contribution in [0.1, 0.15) is 40.5 Å². The van der Waals surface area contributed by atoms with Gasteiger partial charge in [-0.25, -0.2) is 0 Å². The summed E-state index contributed by atoms with van der Waals surface area (Å²) < 4.78 is 0. The van der Waals surface area contributed by atoms with Crippen LogP contribution in [0.5, 0.6) is 0 Å². The van der Waals surface area contributed by atoms with E-state index in [2.05, 4.69) is 64.2 Å². The molecule has 0 amide bonds. The van der Waals surface area contributed by atoms with Gasteiger partial charge in [0.15, 0.2) is 0 Å². The van der Waals surface area contributed by atoms with Gasteiger partial charge in [-0.3, -0.25) is 0 Å². The van der Waals surface area contributed by atoms with E-state index in [-0.39, 0.29) is 0 Å². The lowest BCUT2D eigenvalue weighted by molar-refractivity contribution is 0.0749. The van der Waals surface area contributed by atoms with Crippen LogP contribution < -0.4 is 5.19 Å². The fourth-order valence-corrected chi connectivity index (χ4v) is 5.65. The Bertz CT molecular complexity index is 442. The lowest BCUT2D eigenvalue weighted by atomic mass is 9.99. The van der Waals surface area contributed by atoms with Crippen LogP contribution in [0, 0.1) is 5.92 Å². The van der Waals surface area contributed by atoms with E-state index >= 15 is 0 Å². The maximum absolute atomic E-state index is 11.2. The Kier molecular flexibility index (Phi) is 5.78. The van der Waals surface area contributed by atoms with Crippen molar-refractivity contribution in [2.45, 2.75) is 58.9 Å². The molecular weight excluding hydrogens is 260 g/mol. The molecule has 1 aromatic carbocycles. The molecule has 0 radical (unpaired) electrons. The first kappa shape index (κ1) is 17.2. The summed E-state index contributed by atoms with van der Waals surface area (Å²) in [5.74, 6) is 0.306. The summed E-state index contributed by atoms with van der Waals surface area (Å²) in [5, 5.41) is 11.9. The highest BCUT2D eigenvalue weighted by Gasteiger charge is 2.45. The maximum Gasteiger partial charge on any atom is 0.116 e. The first-order valence-electron chi connectivity index (χ1n) is 7.61. The van der Waals surface area contributed by atoms with Gasteiger partial charge >= 0.3 is 0 Å². The second-order valence-corrected chi connectivity index (χ2v) is 11.7. The van der Waals surface area contributed by atoms with Crippen LogP contribution in [0.15, 0.2) is 42.0 Å². The van der Waals surface area contributed by atoms with Gasteiger partial charge < -0.3 is 5.11 Å². The zero-order valence-corrected chi connectivity index (χ0v) is 14.9. The topological polar surface area (TPSA) is 20.2 Å². The summed E-state index contributed by atoms with van der Waals surface area (Å²) in [7, 11) is -1.91. The molecule has 0 saturated carbocycles. The van der Waals surface area contributed by atoms with Gasteiger partial charge in [-0.2, -0.15) is 0 Å². The molecule has 2 unspecified atom stereocenters. The Morgan fingerprint density at radius 1 is 1.25 bits per heavy atom. The number of hydrogen-bond donors (Lipinski definition) is 1. The molecule has 1 rings (SSSR count). The summed E-state index contributed by atoms with van der Waals surface area (Å²) in [6.07, 6.45) is 4.37. The zero-order valence-electron chi connectivity index (χ0n) is 13.9. The molecule has 0 heterocycles. The number of rotatable bonds is 6. The van der Waals surface area contributed by atoms with Crippen molar-refractivity contribution < 1.29 is 5.11 Å². The van der Waals surface area contributed by atoms with Crippen molar-refractivity contribution in [2.75, 3.05) is 0 Å². The van der Waals surface area contributed by atoms with Crippen LogP contribution in [-0.4, -0.2) is 18.4 Å². The Hall–Kier alpha value is -0.863. The molecule has 0 fully saturated rings. The standard InChI is InChI=1S/C18H30OSi/c1-15(2)11-10-12-16(3)18(4,19)20(5,6)17-13-8-7-9-14-17/h7-9,11,13-14,16,19H,10,12H2,1-6H3. The van der Waals surface area contributed by atoms with Gasteiger partial charge in [-0.05, 0) is 39.5 Å². The quantitative estimate of drug-likeness (QED) is 0.612. The first-order chi connectivity index (χ1) is 9.19. The maximum atomic E-state index is 11.2. The third-order valence-corrected chi connectivity index (χ3v) is 9.67. The van der Waals surface area contributed by atoms with E-state index in [9.17, 15) is 5.11 Å². The molecule has 1 nitrogen and oxygen atoms in total. The van der Waals surface area contributed by atoms with E-state index < -0.39 is 13.3 Å². The summed E-state index contributed by atoms with van der Waals surface area (Å²) in [6.45, 7) is 13.0. The average molecular weight is 291 g/mol. The SMILES string of the molecule is CC(C)=CCCC(C)C(C)(O)[Si](C)(C)c1ccccc1. The number of allylic oxidation sites excluding steroid dienone is 2. The van der Waals surface area contributed by atoms with Gasteiger partial charge in [0, 0.05) is 0 Å². The minimum atomic E-state index is -1.91. The molecule has 0 aliphatic heterocycles. The van der Waals surface area contributed by atoms with Crippen molar-refractivity contribution in [1.29, 1.82) is 0 Å². The van der Waals surface area contributed by atoms with Crippen LogP contribution in [-0.2, 0) is 0 Å². The highest BCUT2D eigenvalue weighted by atomic mass is 28.3. The highest BCUT2D eigenvalue weighted by Crippen LogP contribution is 2.31. The van der Waals surface area contributed by atoms with Gasteiger partial charge in [-0.1, -0.05) is 67.2 Å². The Morgan fingerprint density at radius 2 is 1.80 bits per heavy atom. The van der Waals surface area contributed by atoms with Crippen molar-refractivity contribution in [1.82, 2.24) is 0 Å². The molecule has 2 heteroatoms. The normalized spacial score (nSPS) is 16.4. The number of aliphatic hydroxyl groups is 1. The lowest BCUT2D eigenvalue weighted by Crippen LogP contribution is -2.63. The molecule has 1 N–H and O–H groups in total. The zero-order chi connectivity index (χ0) is 15.4. The fraction of sp³-hybridized carbons (Fsp3) is 0.556. The van der Waals surface area contributed by atoms with E-state index in [0.29, 0.717) is 5.92 Å². The van der Waals surface area contributed by atoms with Gasteiger partial charge in [0.05, 0.1) is 5.22 Å². The molecule has 2 atom stereocenters. The lowest BCUT2D eigenvalue weighted by Gasteiger charge is -2.43. The molecular formula is C18H30OSi. The largest absolute Gasteiger partial charge is 0.393 e. The third-order valence-electron chi connectivity index (χ3n) is 4.87. The monoisotopic (exact) mass is 290 g/mol. The van der Waals surface area contributed by atoms with Crippen LogP contribution in [0.4, 0.5) is 0 Å². The molecule has 0 bridgehead atoms. The van der Waals surface area contributed by atoms with Crippen LogP contribution in [0.25, 0.3) is 0 Å². The van der Waals surface area contributed by atoms with E-state index in [0.717, 1.165) is 12.8 Å². The van der Waals surface area contributed by atoms with Gasteiger partial charge in [0.1, 0.15) is 8.07 Å². The molecule has 20 heavy (non-hydrogen) atoms. The molecule has 0 aromatic heterocycles. The number of benzene rings is 1. The highest BCUT2D eigenvalue weighted by molar-refractivity contribution is 6.92. The molecule has 1 aromatic rings. The van der Waals surface area contributed by atoms with Crippen molar-refractivity contribution in [3.05, 3.63) is 42.0 Å². The Labute approximate surface area is 125 Å². The fourth-order valence-electron chi connectivity index (χ4n) is 2.67. The second kappa shape index (κ2) is 6.73. The predicted molar refractivity (Wildman–Crippen MR) is 92.0 cm³/mol. The summed E-state index contributed by atoms with van der Waals surface area (Å²) in [5.41, 5.74) is 1.36. The minimum absolute atomic E-state index is 0.306. The van der Waals surface area contributed by atoms with Crippen molar-refractivity contribution in [2.24, 2.45) is 5.92 Å². The summed E-state index contributed by atoms with van der Waals surface area (Å²) >= 11 is 0. The summed E-state index contributed by atoms with van der Waals surface area (Å²) in [6, 6.07) is 10.5. The van der Waals surface area contributed by atoms with Gasteiger partial charge in [0.2, 0.25) is 0 Å². The molecule has 0 spiro atoms. The van der Waals surface area contributed by atoms with Crippen LogP contribution in [0.2, 0.25) is 13.1 Å². The Morgan fingerprint density at radius 3 is 2.30 bits per heavy atom. The predicted octanol–water partition coefficient (Wildman–Crippen LogP) is 4.27. The summed E-state index contributed by atoms with van der Waals surface area (Å²) in [4.78, 5) is 0. The smallest absolute Gasteiger partial charge is 0.116 e. The van der Waals surface area contributed by atoms with E-state index in [1.165, 1.54) is 10.8 Å². The average Bonchev–Trinajstić information content (AvgIpc) is 2.38. The first-order valence-corrected chi connectivity index (χ1v) is 10.6. The van der Waals surface area contributed by atoms with Crippen LogP contribution in [0.3, 0.4) is 0 Å². The van der Waals surface area contributed by atoms with Crippen molar-refractivity contribution >= 4 is 13.3 Å². The van der Waals surface area contributed by atoms with E-state index in [1.807, 2.05) is 13.0 Å². The molecule has 112 valence electrons. The second-order valence-electron chi connectivity index (χ2n) is 6.90. The molecule has 0 saturated heterocycles. The Balaban J connectivity index is 2.88. The van der Waals surface area contributed by atoms with Crippen molar-refractivity contribution in [3.63, 3.8) is 0 Å².